The highest BCUT2D eigenvalue weighted by atomic mass is 16.2. The lowest BCUT2D eigenvalue weighted by Gasteiger charge is -2.26. The van der Waals surface area contributed by atoms with E-state index >= 15 is 0 Å². The Morgan fingerprint density at radius 2 is 2.05 bits per heavy atom. The zero-order chi connectivity index (χ0) is 14.7. The Labute approximate surface area is 125 Å². The van der Waals surface area contributed by atoms with E-state index < -0.39 is 0 Å². The first-order valence-electron chi connectivity index (χ1n) is 8.17. The van der Waals surface area contributed by atoms with E-state index in [1.54, 1.807) is 10.9 Å². The molecular weight excluding hydrogens is 266 g/mol. The number of nitrogens with zero attached hydrogens (tertiary/aromatic N) is 3. The fraction of sp³-hybridized carbons (Fsp3) is 0.800. The number of rotatable bonds is 4. The monoisotopic (exact) mass is 291 g/mol. The van der Waals surface area contributed by atoms with Gasteiger partial charge in [-0.15, -0.1) is 5.10 Å². The van der Waals surface area contributed by atoms with Crippen LogP contribution in [0.4, 0.5) is 0 Å². The normalized spacial score (nSPS) is 22.3. The average Bonchev–Trinajstić information content (AvgIpc) is 2.72. The lowest BCUT2D eigenvalue weighted by molar-refractivity contribution is 0.0918. The largest absolute Gasteiger partial charge is 0.348 e. The summed E-state index contributed by atoms with van der Waals surface area (Å²) in [6.07, 6.45) is 9.46. The van der Waals surface area contributed by atoms with Gasteiger partial charge in [-0.1, -0.05) is 30.9 Å². The van der Waals surface area contributed by atoms with Gasteiger partial charge in [0, 0.05) is 19.1 Å². The summed E-state index contributed by atoms with van der Waals surface area (Å²) in [6, 6.07) is 0.560. The van der Waals surface area contributed by atoms with Gasteiger partial charge in [0.05, 0.1) is 12.2 Å². The van der Waals surface area contributed by atoms with Crippen LogP contribution >= 0.6 is 0 Å². The summed E-state index contributed by atoms with van der Waals surface area (Å²) >= 11 is 0. The van der Waals surface area contributed by atoms with Crippen molar-refractivity contribution < 1.29 is 4.79 Å². The van der Waals surface area contributed by atoms with Crippen LogP contribution in [0.3, 0.4) is 0 Å². The minimum Gasteiger partial charge on any atom is -0.348 e. The van der Waals surface area contributed by atoms with Gasteiger partial charge in [-0.2, -0.15) is 0 Å². The topological polar surface area (TPSA) is 71.8 Å². The molecule has 1 aliphatic carbocycles. The molecule has 1 saturated heterocycles. The van der Waals surface area contributed by atoms with Gasteiger partial charge in [-0.3, -0.25) is 4.79 Å². The van der Waals surface area contributed by atoms with E-state index in [1.807, 2.05) is 0 Å². The molecule has 1 atom stereocenters. The van der Waals surface area contributed by atoms with Gasteiger partial charge in [-0.25, -0.2) is 4.68 Å². The Bertz CT molecular complexity index is 474. The first-order valence-corrected chi connectivity index (χ1v) is 8.17. The van der Waals surface area contributed by atoms with Crippen LogP contribution in [0.25, 0.3) is 0 Å². The van der Waals surface area contributed by atoms with E-state index in [1.165, 1.54) is 38.5 Å². The SMILES string of the molecule is C[C@@H](NC(=O)c1cn(C2CNC2)nn1)C1CCCCCC1. The van der Waals surface area contributed by atoms with Crippen molar-refractivity contribution in [3.8, 4) is 0 Å². The van der Waals surface area contributed by atoms with Crippen molar-refractivity contribution >= 4 is 5.91 Å². The van der Waals surface area contributed by atoms with E-state index in [-0.39, 0.29) is 11.9 Å². The van der Waals surface area contributed by atoms with Crippen LogP contribution in [0.2, 0.25) is 0 Å². The Hall–Kier alpha value is -1.43. The highest BCUT2D eigenvalue weighted by molar-refractivity contribution is 5.92. The molecule has 2 heterocycles. The van der Waals surface area contributed by atoms with Crippen molar-refractivity contribution in [2.24, 2.45) is 5.92 Å². The smallest absolute Gasteiger partial charge is 0.273 e. The third-order valence-corrected chi connectivity index (χ3v) is 4.84. The fourth-order valence-corrected chi connectivity index (χ4v) is 3.23. The number of carbonyl (C=O) groups excluding carboxylic acids is 1. The number of hydrogen-bond acceptors (Lipinski definition) is 4. The second-order valence-electron chi connectivity index (χ2n) is 6.41. The molecule has 0 spiro atoms. The van der Waals surface area contributed by atoms with Gasteiger partial charge in [-0.05, 0) is 25.7 Å². The number of nitrogens with one attached hydrogen (secondary N) is 2. The van der Waals surface area contributed by atoms with Crippen molar-refractivity contribution in [2.45, 2.75) is 57.5 Å². The molecule has 2 N–H and O–H groups in total. The van der Waals surface area contributed by atoms with E-state index in [2.05, 4.69) is 27.9 Å². The molecule has 1 aromatic rings. The molecule has 6 heteroatoms. The molecule has 1 saturated carbocycles. The molecular formula is C15H25N5O. The van der Waals surface area contributed by atoms with E-state index in [0.717, 1.165) is 13.1 Å². The van der Waals surface area contributed by atoms with Crippen LogP contribution in [0.15, 0.2) is 6.20 Å². The first kappa shape index (κ1) is 14.5. The van der Waals surface area contributed by atoms with Gasteiger partial charge in [0.2, 0.25) is 0 Å². The number of hydrogen-bond donors (Lipinski definition) is 2. The molecule has 116 valence electrons. The Balaban J connectivity index is 1.55. The highest BCUT2D eigenvalue weighted by Crippen LogP contribution is 2.25. The molecule has 3 rings (SSSR count). The maximum Gasteiger partial charge on any atom is 0.273 e. The van der Waals surface area contributed by atoms with E-state index in [0.29, 0.717) is 17.7 Å². The predicted molar refractivity (Wildman–Crippen MR) is 80.0 cm³/mol. The van der Waals surface area contributed by atoms with Crippen molar-refractivity contribution in [3.05, 3.63) is 11.9 Å². The van der Waals surface area contributed by atoms with Gasteiger partial charge in [0.1, 0.15) is 0 Å². The molecule has 1 aromatic heterocycles. The van der Waals surface area contributed by atoms with Crippen LogP contribution < -0.4 is 10.6 Å². The Morgan fingerprint density at radius 1 is 1.33 bits per heavy atom. The van der Waals surface area contributed by atoms with Crippen LogP contribution in [0, 0.1) is 5.92 Å². The number of carbonyl (C=O) groups is 1. The van der Waals surface area contributed by atoms with Gasteiger partial charge >= 0.3 is 0 Å². The molecule has 2 fully saturated rings. The minimum absolute atomic E-state index is 0.0923. The highest BCUT2D eigenvalue weighted by Gasteiger charge is 2.24. The van der Waals surface area contributed by atoms with Crippen molar-refractivity contribution in [2.75, 3.05) is 13.1 Å². The van der Waals surface area contributed by atoms with Crippen molar-refractivity contribution in [3.63, 3.8) is 0 Å². The van der Waals surface area contributed by atoms with E-state index in [4.69, 9.17) is 0 Å². The minimum atomic E-state index is -0.0923. The fourth-order valence-electron chi connectivity index (χ4n) is 3.23. The molecule has 2 aliphatic rings. The number of amides is 1. The summed E-state index contributed by atoms with van der Waals surface area (Å²) in [6.45, 7) is 3.93. The molecule has 21 heavy (non-hydrogen) atoms. The van der Waals surface area contributed by atoms with Crippen LogP contribution in [0.5, 0.6) is 0 Å². The molecule has 0 aromatic carbocycles. The number of aromatic nitrogens is 3. The summed E-state index contributed by atoms with van der Waals surface area (Å²) in [7, 11) is 0. The predicted octanol–water partition coefficient (Wildman–Crippen LogP) is 1.51. The van der Waals surface area contributed by atoms with Crippen LogP contribution in [-0.4, -0.2) is 40.0 Å². The second-order valence-corrected chi connectivity index (χ2v) is 6.41. The Kier molecular flexibility index (Phi) is 4.53. The van der Waals surface area contributed by atoms with Crippen molar-refractivity contribution in [1.82, 2.24) is 25.6 Å². The van der Waals surface area contributed by atoms with Gasteiger partial charge < -0.3 is 10.6 Å². The van der Waals surface area contributed by atoms with Crippen LogP contribution in [-0.2, 0) is 0 Å². The molecule has 0 radical (unpaired) electrons. The Morgan fingerprint density at radius 3 is 2.67 bits per heavy atom. The molecule has 6 nitrogen and oxygen atoms in total. The molecule has 1 aliphatic heterocycles. The molecule has 1 amide bonds. The van der Waals surface area contributed by atoms with Gasteiger partial charge in [0.15, 0.2) is 5.69 Å². The van der Waals surface area contributed by atoms with E-state index in [9.17, 15) is 4.79 Å². The first-order chi connectivity index (χ1) is 10.2. The summed E-state index contributed by atoms with van der Waals surface area (Å²) in [5.74, 6) is 0.507. The zero-order valence-electron chi connectivity index (χ0n) is 12.7. The standard InChI is InChI=1S/C15H25N5O/c1-11(12-6-4-2-3-5-7-12)17-15(21)14-10-20(19-18-14)13-8-16-9-13/h10-13,16H,2-9H2,1H3,(H,17,21)/t11-/m1/s1. The molecule has 0 bridgehead atoms. The summed E-state index contributed by atoms with van der Waals surface area (Å²) in [5, 5.41) is 14.4. The lowest BCUT2D eigenvalue weighted by Crippen LogP contribution is -2.43. The third-order valence-electron chi connectivity index (χ3n) is 4.84. The lowest BCUT2D eigenvalue weighted by atomic mass is 9.93. The summed E-state index contributed by atoms with van der Waals surface area (Å²) in [5.41, 5.74) is 0.433. The summed E-state index contributed by atoms with van der Waals surface area (Å²) in [4.78, 5) is 12.3. The average molecular weight is 291 g/mol. The quantitative estimate of drug-likeness (QED) is 0.825. The summed E-state index contributed by atoms with van der Waals surface area (Å²) < 4.78 is 1.79. The molecule has 0 unspecified atom stereocenters. The van der Waals surface area contributed by atoms with Crippen LogP contribution in [0.1, 0.15) is 62.0 Å². The van der Waals surface area contributed by atoms with Gasteiger partial charge in [0.25, 0.3) is 5.91 Å². The van der Waals surface area contributed by atoms with Crippen molar-refractivity contribution in [1.29, 1.82) is 0 Å². The maximum atomic E-state index is 12.3. The maximum absolute atomic E-state index is 12.3. The third kappa shape index (κ3) is 3.43. The zero-order valence-corrected chi connectivity index (χ0v) is 12.7. The second kappa shape index (κ2) is 6.56.